The van der Waals surface area contributed by atoms with E-state index in [-0.39, 0.29) is 41.0 Å². The molecule has 3 N–H and O–H groups in total. The van der Waals surface area contributed by atoms with E-state index >= 15 is 0 Å². The Morgan fingerprint density at radius 1 is 1.03 bits per heavy atom. The van der Waals surface area contributed by atoms with Crippen molar-refractivity contribution < 1.29 is 37.1 Å². The van der Waals surface area contributed by atoms with Crippen molar-refractivity contribution in [3.8, 4) is 11.8 Å². The number of nitriles is 1. The molecule has 4 amide bonds. The molecule has 3 aromatic rings. The van der Waals surface area contributed by atoms with Gasteiger partial charge in [-0.05, 0) is 106 Å². The molecule has 58 heavy (non-hydrogen) atoms. The number of nitrogens with zero attached hydrogens (tertiary/aromatic N) is 5. The van der Waals surface area contributed by atoms with E-state index in [0.29, 0.717) is 61.9 Å². The van der Waals surface area contributed by atoms with Crippen molar-refractivity contribution >= 4 is 63.7 Å². The fourth-order valence-corrected chi connectivity index (χ4v) is 7.89. The molecule has 0 radical (unpaired) electrons. The monoisotopic (exact) mass is 818 g/mol. The predicted molar refractivity (Wildman–Crippen MR) is 216 cm³/mol. The van der Waals surface area contributed by atoms with E-state index in [1.165, 1.54) is 6.07 Å². The third-order valence-electron chi connectivity index (χ3n) is 10.7. The quantitative estimate of drug-likeness (QED) is 0.162. The van der Waals surface area contributed by atoms with Gasteiger partial charge >= 0.3 is 6.18 Å². The van der Waals surface area contributed by atoms with Gasteiger partial charge in [-0.1, -0.05) is 13.0 Å². The molecule has 3 heterocycles. The molecule has 3 saturated heterocycles. The standard InChI is InChI=1S/C41H45F3N8O5S/c1-5-26-21-31(52-39(58)51(38(56)40(52,3)4)30-10-9-27(24-45)32(23-30)41(42,43)44)11-13-34(26)57-20-19-49-15-17-50(18-16-49)25(2)36(54)47-29-8-6-7-28(22-29)46-33-12-14-35(53)48-37(33)55/h6-11,13,21-23,25,33,46H,5,12,14-20H2,1-4H3,(H,47,54)(H,48,53,55)/t25-,33?/m0/s1. The summed E-state index contributed by atoms with van der Waals surface area (Å²) in [6, 6.07) is 16.3. The van der Waals surface area contributed by atoms with E-state index in [9.17, 15) is 37.6 Å². The molecule has 0 aliphatic carbocycles. The lowest BCUT2D eigenvalue weighted by molar-refractivity contribution is -0.138. The van der Waals surface area contributed by atoms with Crippen molar-refractivity contribution in [1.29, 1.82) is 5.26 Å². The zero-order chi connectivity index (χ0) is 41.9. The highest BCUT2D eigenvalue weighted by Crippen LogP contribution is 2.40. The number of imide groups is 1. The number of alkyl halides is 3. The molecule has 2 atom stereocenters. The van der Waals surface area contributed by atoms with Crippen LogP contribution in [0.15, 0.2) is 60.7 Å². The summed E-state index contributed by atoms with van der Waals surface area (Å²) < 4.78 is 47.5. The average Bonchev–Trinajstić information content (AvgIpc) is 3.37. The van der Waals surface area contributed by atoms with Crippen LogP contribution in [0.2, 0.25) is 0 Å². The van der Waals surface area contributed by atoms with Crippen LogP contribution in [0.25, 0.3) is 0 Å². The van der Waals surface area contributed by atoms with Crippen molar-refractivity contribution in [2.75, 3.05) is 59.8 Å². The number of rotatable bonds is 12. The summed E-state index contributed by atoms with van der Waals surface area (Å²) in [7, 11) is 0. The fraction of sp³-hybridized carbons (Fsp3) is 0.415. The zero-order valence-corrected chi connectivity index (χ0v) is 33.4. The minimum absolute atomic E-state index is 0.0167. The highest BCUT2D eigenvalue weighted by molar-refractivity contribution is 7.81. The summed E-state index contributed by atoms with van der Waals surface area (Å²) in [5.74, 6) is -0.639. The fourth-order valence-electron chi connectivity index (χ4n) is 7.37. The number of amides is 4. The van der Waals surface area contributed by atoms with Crippen LogP contribution in [0.1, 0.15) is 57.2 Å². The largest absolute Gasteiger partial charge is 0.492 e. The number of hydrogen-bond acceptors (Lipinski definition) is 10. The van der Waals surface area contributed by atoms with Crippen LogP contribution in [0, 0.1) is 11.3 Å². The molecule has 3 aliphatic rings. The Labute approximate surface area is 340 Å². The van der Waals surface area contributed by atoms with Crippen LogP contribution in [0.4, 0.5) is 35.9 Å². The molecule has 0 spiro atoms. The first kappa shape index (κ1) is 42.0. The van der Waals surface area contributed by atoms with E-state index in [0.717, 1.165) is 35.7 Å². The first-order chi connectivity index (χ1) is 27.5. The third kappa shape index (κ3) is 8.94. The molecule has 0 bridgehead atoms. The number of nitrogens with one attached hydrogen (secondary N) is 3. The van der Waals surface area contributed by atoms with Crippen molar-refractivity contribution in [2.24, 2.45) is 0 Å². The minimum atomic E-state index is -4.80. The van der Waals surface area contributed by atoms with Gasteiger partial charge in [0.1, 0.15) is 23.9 Å². The normalized spacial score (nSPS) is 19.4. The minimum Gasteiger partial charge on any atom is -0.492 e. The lowest BCUT2D eigenvalue weighted by atomic mass is 10.0. The van der Waals surface area contributed by atoms with Crippen molar-refractivity contribution in [1.82, 2.24) is 15.1 Å². The van der Waals surface area contributed by atoms with Crippen LogP contribution in [-0.4, -0.2) is 95.5 Å². The van der Waals surface area contributed by atoms with E-state index in [4.69, 9.17) is 17.0 Å². The maximum absolute atomic E-state index is 13.8. The zero-order valence-electron chi connectivity index (χ0n) is 32.6. The number of benzene rings is 3. The number of piperidine rings is 1. The molecule has 3 aliphatic heterocycles. The Hall–Kier alpha value is -5.57. The summed E-state index contributed by atoms with van der Waals surface area (Å²) in [6.45, 7) is 11.1. The summed E-state index contributed by atoms with van der Waals surface area (Å²) in [5, 5.41) is 17.7. The van der Waals surface area contributed by atoms with Gasteiger partial charge in [-0.3, -0.25) is 39.2 Å². The van der Waals surface area contributed by atoms with Gasteiger partial charge in [-0.25, -0.2) is 0 Å². The Kier molecular flexibility index (Phi) is 12.4. The number of carbonyl (C=O) groups is 4. The second kappa shape index (κ2) is 17.1. The second-order valence-electron chi connectivity index (χ2n) is 14.9. The van der Waals surface area contributed by atoms with E-state index in [1.54, 1.807) is 55.1 Å². The Morgan fingerprint density at radius 3 is 2.41 bits per heavy atom. The van der Waals surface area contributed by atoms with Crippen molar-refractivity contribution in [3.63, 3.8) is 0 Å². The molecular weight excluding hydrogens is 774 g/mol. The Balaban J connectivity index is 1.01. The molecule has 3 aromatic carbocycles. The predicted octanol–water partition coefficient (Wildman–Crippen LogP) is 5.30. The smallest absolute Gasteiger partial charge is 0.417 e. The molecule has 1 unspecified atom stereocenters. The van der Waals surface area contributed by atoms with Gasteiger partial charge in [-0.15, -0.1) is 0 Å². The van der Waals surface area contributed by atoms with Crippen LogP contribution >= 0.6 is 12.2 Å². The van der Waals surface area contributed by atoms with Gasteiger partial charge in [-0.2, -0.15) is 18.4 Å². The molecule has 6 rings (SSSR count). The van der Waals surface area contributed by atoms with Crippen molar-refractivity contribution in [3.05, 3.63) is 77.4 Å². The molecule has 3 fully saturated rings. The molecule has 306 valence electrons. The lowest BCUT2D eigenvalue weighted by Crippen LogP contribution is -2.53. The number of hydrogen-bond donors (Lipinski definition) is 3. The maximum atomic E-state index is 13.8. The first-order valence-corrected chi connectivity index (χ1v) is 19.5. The van der Waals surface area contributed by atoms with Gasteiger partial charge in [0, 0.05) is 56.2 Å². The molecule has 17 heteroatoms. The Morgan fingerprint density at radius 2 is 1.74 bits per heavy atom. The summed E-state index contributed by atoms with van der Waals surface area (Å²) >= 11 is 5.71. The van der Waals surface area contributed by atoms with E-state index in [1.807, 2.05) is 26.0 Å². The highest BCUT2D eigenvalue weighted by atomic mass is 32.1. The Bertz CT molecular complexity index is 2150. The summed E-state index contributed by atoms with van der Waals surface area (Å²) in [6.07, 6.45) is -3.54. The third-order valence-corrected chi connectivity index (χ3v) is 11.1. The van der Waals surface area contributed by atoms with Gasteiger partial charge in [0.15, 0.2) is 5.11 Å². The number of ether oxygens (including phenoxy) is 1. The molecular formula is C41H45F3N8O5S. The SMILES string of the molecule is CCc1cc(N2C(=S)N(c3ccc(C#N)c(C(F)(F)F)c3)C(=O)C2(C)C)ccc1OCCN1CCN([C@@H](C)C(=O)Nc2cccc(NC3CCC(=O)NC3=O)c2)CC1. The average molecular weight is 819 g/mol. The lowest BCUT2D eigenvalue weighted by Gasteiger charge is -2.37. The van der Waals surface area contributed by atoms with Gasteiger partial charge in [0.25, 0.3) is 5.91 Å². The van der Waals surface area contributed by atoms with Crippen LogP contribution in [-0.2, 0) is 31.8 Å². The number of piperazine rings is 1. The van der Waals surface area contributed by atoms with Crippen LogP contribution in [0.5, 0.6) is 5.75 Å². The molecule has 0 aromatic heterocycles. The van der Waals surface area contributed by atoms with Crippen LogP contribution in [0.3, 0.4) is 0 Å². The van der Waals surface area contributed by atoms with Gasteiger partial charge < -0.3 is 20.3 Å². The van der Waals surface area contributed by atoms with Gasteiger partial charge in [0.2, 0.25) is 17.7 Å². The highest BCUT2D eigenvalue weighted by Gasteiger charge is 2.51. The topological polar surface area (TPSA) is 150 Å². The van der Waals surface area contributed by atoms with Crippen LogP contribution < -0.4 is 30.5 Å². The number of carbonyl (C=O) groups excluding carboxylic acids is 4. The maximum Gasteiger partial charge on any atom is 0.417 e. The van der Waals surface area contributed by atoms with Gasteiger partial charge in [0.05, 0.1) is 28.9 Å². The van der Waals surface area contributed by atoms with E-state index < -0.39 is 34.8 Å². The second-order valence-corrected chi connectivity index (χ2v) is 15.3. The summed E-state index contributed by atoms with van der Waals surface area (Å²) in [5.41, 5.74) is -0.279. The number of anilines is 4. The molecule has 13 nitrogen and oxygen atoms in total. The summed E-state index contributed by atoms with van der Waals surface area (Å²) in [4.78, 5) is 57.6. The number of thiocarbonyl (C=S) groups is 1. The van der Waals surface area contributed by atoms with E-state index in [2.05, 4.69) is 25.8 Å². The first-order valence-electron chi connectivity index (χ1n) is 19.0. The molecule has 0 saturated carbocycles. The number of halogens is 3. The number of aryl methyl sites for hydroxylation is 1. The van der Waals surface area contributed by atoms with Crippen molar-refractivity contribution in [2.45, 2.75) is 70.8 Å².